The van der Waals surface area contributed by atoms with E-state index < -0.39 is 0 Å². The number of rotatable bonds is 7. The molecule has 3 aromatic rings. The van der Waals surface area contributed by atoms with Crippen LogP contribution in [0, 0.1) is 5.82 Å². The van der Waals surface area contributed by atoms with Gasteiger partial charge in [0.1, 0.15) is 12.4 Å². The maximum atomic E-state index is 13.1. The van der Waals surface area contributed by atoms with Crippen LogP contribution < -0.4 is 20.2 Å². The van der Waals surface area contributed by atoms with Gasteiger partial charge >= 0.3 is 0 Å². The van der Waals surface area contributed by atoms with E-state index in [0.717, 1.165) is 11.3 Å². The largest absolute Gasteiger partial charge is 0.493 e. The van der Waals surface area contributed by atoms with E-state index in [0.29, 0.717) is 22.2 Å². The lowest BCUT2D eigenvalue weighted by atomic mass is 10.2. The van der Waals surface area contributed by atoms with Gasteiger partial charge in [-0.05, 0) is 54.2 Å². The Balaban J connectivity index is 1.67. The number of ether oxygens (including phenoxy) is 2. The molecule has 0 fully saturated rings. The molecule has 0 radical (unpaired) electrons. The highest BCUT2D eigenvalue weighted by atomic mass is 32.1. The third-order valence-electron chi connectivity index (χ3n) is 3.93. The Hall–Kier alpha value is -3.45. The molecule has 0 saturated heterocycles. The molecule has 0 aromatic heterocycles. The Bertz CT molecular complexity index is 979. The van der Waals surface area contributed by atoms with Crippen molar-refractivity contribution in [2.45, 2.75) is 6.61 Å². The van der Waals surface area contributed by atoms with E-state index in [1.54, 1.807) is 31.5 Å². The normalized spacial score (nSPS) is 10.6. The fraction of sp³-hybridized carbons (Fsp3) is 0.0909. The van der Waals surface area contributed by atoms with Crippen molar-refractivity contribution in [3.63, 3.8) is 0 Å². The maximum Gasteiger partial charge on any atom is 0.191 e. The first-order valence-corrected chi connectivity index (χ1v) is 9.26. The van der Waals surface area contributed by atoms with Crippen molar-refractivity contribution in [3.05, 3.63) is 89.7 Å². The first-order chi connectivity index (χ1) is 14.2. The standard InChI is InChI=1S/C22H20FN3O2S/c1-27-20-9-5-6-17(21(20)28-15-16-10-12-18(23)13-11-16)14-24-26-22(29)25-19-7-3-2-4-8-19/h2-14H,15H2,1H3,(H2,25,26,29). The summed E-state index contributed by atoms with van der Waals surface area (Å²) in [7, 11) is 1.57. The number of benzene rings is 3. The minimum atomic E-state index is -0.287. The third-order valence-corrected chi connectivity index (χ3v) is 4.12. The monoisotopic (exact) mass is 409 g/mol. The second kappa shape index (κ2) is 10.2. The molecule has 0 atom stereocenters. The lowest BCUT2D eigenvalue weighted by Gasteiger charge is -2.13. The SMILES string of the molecule is COc1cccc(C=NNC(=S)Nc2ccccc2)c1OCc1ccc(F)cc1. The summed E-state index contributed by atoms with van der Waals surface area (Å²) < 4.78 is 24.4. The molecule has 3 aromatic carbocycles. The quantitative estimate of drug-likeness (QED) is 0.336. The number of nitrogens with zero attached hydrogens (tertiary/aromatic N) is 1. The van der Waals surface area contributed by atoms with Crippen molar-refractivity contribution in [1.29, 1.82) is 0 Å². The van der Waals surface area contributed by atoms with Gasteiger partial charge in [0.25, 0.3) is 0 Å². The van der Waals surface area contributed by atoms with Crippen LogP contribution in [0.25, 0.3) is 0 Å². The number of hydrogen-bond donors (Lipinski definition) is 2. The first kappa shape index (κ1) is 20.3. The smallest absolute Gasteiger partial charge is 0.191 e. The summed E-state index contributed by atoms with van der Waals surface area (Å²) in [5.74, 6) is 0.817. The molecule has 0 bridgehead atoms. The second-order valence-electron chi connectivity index (χ2n) is 5.98. The highest BCUT2D eigenvalue weighted by Crippen LogP contribution is 2.30. The van der Waals surface area contributed by atoms with Crippen molar-refractivity contribution in [2.24, 2.45) is 5.10 Å². The number of methoxy groups -OCH3 is 1. The molecule has 29 heavy (non-hydrogen) atoms. The molecule has 0 saturated carbocycles. The molecule has 148 valence electrons. The van der Waals surface area contributed by atoms with E-state index in [1.807, 2.05) is 42.5 Å². The summed E-state index contributed by atoms with van der Waals surface area (Å²) in [5.41, 5.74) is 5.19. The molecule has 0 aliphatic heterocycles. The van der Waals surface area contributed by atoms with Crippen LogP contribution in [0.1, 0.15) is 11.1 Å². The van der Waals surface area contributed by atoms with Gasteiger partial charge in [-0.25, -0.2) is 4.39 Å². The van der Waals surface area contributed by atoms with E-state index in [1.165, 1.54) is 12.1 Å². The highest BCUT2D eigenvalue weighted by Gasteiger charge is 2.10. The molecule has 3 rings (SSSR count). The van der Waals surface area contributed by atoms with Gasteiger partial charge in [-0.2, -0.15) is 5.10 Å². The molecule has 0 aliphatic rings. The van der Waals surface area contributed by atoms with Crippen molar-refractivity contribution in [1.82, 2.24) is 5.43 Å². The lowest BCUT2D eigenvalue weighted by molar-refractivity contribution is 0.284. The van der Waals surface area contributed by atoms with Crippen LogP contribution in [0.2, 0.25) is 0 Å². The number of hydrogen-bond acceptors (Lipinski definition) is 4. The van der Waals surface area contributed by atoms with Crippen LogP contribution in [0.4, 0.5) is 10.1 Å². The number of anilines is 1. The van der Waals surface area contributed by atoms with Crippen LogP contribution in [0.5, 0.6) is 11.5 Å². The van der Waals surface area contributed by atoms with Crippen LogP contribution in [-0.2, 0) is 6.61 Å². The molecular weight excluding hydrogens is 389 g/mol. The van der Waals surface area contributed by atoms with Crippen LogP contribution in [-0.4, -0.2) is 18.4 Å². The average molecular weight is 409 g/mol. The zero-order valence-electron chi connectivity index (χ0n) is 15.8. The van der Waals surface area contributed by atoms with E-state index in [-0.39, 0.29) is 12.4 Å². The summed E-state index contributed by atoms with van der Waals surface area (Å²) in [6, 6.07) is 21.2. The zero-order valence-corrected chi connectivity index (χ0v) is 16.6. The van der Waals surface area contributed by atoms with E-state index in [9.17, 15) is 4.39 Å². The molecule has 0 spiro atoms. The number of hydrazone groups is 1. The number of nitrogens with one attached hydrogen (secondary N) is 2. The van der Waals surface area contributed by atoms with Crippen molar-refractivity contribution >= 4 is 29.2 Å². The minimum absolute atomic E-state index is 0.267. The summed E-state index contributed by atoms with van der Waals surface area (Å²) in [5, 5.41) is 7.58. The van der Waals surface area contributed by atoms with Gasteiger partial charge in [0.05, 0.1) is 13.3 Å². The molecule has 0 heterocycles. The Labute approximate surface area is 174 Å². The van der Waals surface area contributed by atoms with Crippen molar-refractivity contribution < 1.29 is 13.9 Å². The number of halogens is 1. The summed E-state index contributed by atoms with van der Waals surface area (Å²) >= 11 is 5.24. The maximum absolute atomic E-state index is 13.1. The molecule has 5 nitrogen and oxygen atoms in total. The Kier molecular flexibility index (Phi) is 7.13. The van der Waals surface area contributed by atoms with Gasteiger partial charge in [0, 0.05) is 11.3 Å². The second-order valence-corrected chi connectivity index (χ2v) is 6.39. The third kappa shape index (κ3) is 6.02. The molecule has 7 heteroatoms. The predicted octanol–water partition coefficient (Wildman–Crippen LogP) is 4.73. The van der Waals surface area contributed by atoms with Gasteiger partial charge in [0.2, 0.25) is 0 Å². The van der Waals surface area contributed by atoms with E-state index in [4.69, 9.17) is 21.7 Å². The van der Waals surface area contributed by atoms with Crippen molar-refractivity contribution in [3.8, 4) is 11.5 Å². The fourth-order valence-electron chi connectivity index (χ4n) is 2.53. The lowest BCUT2D eigenvalue weighted by Crippen LogP contribution is -2.23. The Morgan fingerprint density at radius 3 is 2.52 bits per heavy atom. The van der Waals surface area contributed by atoms with Crippen LogP contribution in [0.15, 0.2) is 77.9 Å². The van der Waals surface area contributed by atoms with Gasteiger partial charge in [-0.1, -0.05) is 36.4 Å². The van der Waals surface area contributed by atoms with E-state index in [2.05, 4.69) is 15.8 Å². The van der Waals surface area contributed by atoms with Gasteiger partial charge < -0.3 is 14.8 Å². The van der Waals surface area contributed by atoms with Crippen LogP contribution >= 0.6 is 12.2 Å². The van der Waals surface area contributed by atoms with Gasteiger partial charge in [0.15, 0.2) is 16.6 Å². The topological polar surface area (TPSA) is 54.9 Å². The fourth-order valence-corrected chi connectivity index (χ4v) is 2.70. The zero-order chi connectivity index (χ0) is 20.5. The molecular formula is C22H20FN3O2S. The summed E-state index contributed by atoms with van der Waals surface area (Å²) in [6.07, 6.45) is 1.60. The number of thiocarbonyl (C=S) groups is 1. The average Bonchev–Trinajstić information content (AvgIpc) is 2.74. The predicted molar refractivity (Wildman–Crippen MR) is 117 cm³/mol. The van der Waals surface area contributed by atoms with Crippen LogP contribution in [0.3, 0.4) is 0 Å². The highest BCUT2D eigenvalue weighted by molar-refractivity contribution is 7.80. The molecule has 0 amide bonds. The minimum Gasteiger partial charge on any atom is -0.493 e. The Morgan fingerprint density at radius 1 is 1.03 bits per heavy atom. The molecule has 0 aliphatic carbocycles. The van der Waals surface area contributed by atoms with E-state index >= 15 is 0 Å². The molecule has 0 unspecified atom stereocenters. The summed E-state index contributed by atoms with van der Waals surface area (Å²) in [6.45, 7) is 0.267. The van der Waals surface area contributed by atoms with Gasteiger partial charge in [-0.3, -0.25) is 5.43 Å². The molecule has 2 N–H and O–H groups in total. The first-order valence-electron chi connectivity index (χ1n) is 8.85. The van der Waals surface area contributed by atoms with Gasteiger partial charge in [-0.15, -0.1) is 0 Å². The summed E-state index contributed by atoms with van der Waals surface area (Å²) in [4.78, 5) is 0. The van der Waals surface area contributed by atoms with Crippen molar-refractivity contribution in [2.75, 3.05) is 12.4 Å². The number of para-hydroxylation sites is 2. The Morgan fingerprint density at radius 2 is 1.79 bits per heavy atom.